The average Bonchev–Trinajstić information content (AvgIpc) is 2.81. The van der Waals surface area contributed by atoms with Crippen molar-refractivity contribution in [3.05, 3.63) is 41.3 Å². The minimum Gasteiger partial charge on any atom is -0.444 e. The van der Waals surface area contributed by atoms with E-state index in [0.29, 0.717) is 5.89 Å². The van der Waals surface area contributed by atoms with Crippen molar-refractivity contribution >= 4 is 11.9 Å². The Morgan fingerprint density at radius 1 is 1.32 bits per heavy atom. The minimum absolute atomic E-state index is 0.0734. The number of nitrogens with zero attached hydrogens (tertiary/aromatic N) is 2. The van der Waals surface area contributed by atoms with Crippen LogP contribution in [-0.2, 0) is 0 Å². The summed E-state index contributed by atoms with van der Waals surface area (Å²) in [6, 6.07) is 5.77. The summed E-state index contributed by atoms with van der Waals surface area (Å²) in [5, 5.41) is 0. The molecule has 6 nitrogen and oxygen atoms in total. The van der Waals surface area contributed by atoms with Crippen LogP contribution in [0.5, 0.6) is 0 Å². The Morgan fingerprint density at radius 3 is 2.74 bits per heavy atom. The van der Waals surface area contributed by atoms with E-state index in [4.69, 9.17) is 15.9 Å². The first-order chi connectivity index (χ1) is 8.99. The largest absolute Gasteiger partial charge is 0.444 e. The molecular weight excluding hydrogens is 244 g/mol. The van der Waals surface area contributed by atoms with Crippen molar-refractivity contribution in [2.45, 2.75) is 13.8 Å². The number of oxazole rings is 1. The Hall–Kier alpha value is -2.63. The van der Waals surface area contributed by atoms with Gasteiger partial charge < -0.3 is 15.9 Å². The van der Waals surface area contributed by atoms with Gasteiger partial charge in [0.2, 0.25) is 5.89 Å². The number of aromatic nitrogens is 1. The Balaban J connectivity index is 2.39. The fourth-order valence-electron chi connectivity index (χ4n) is 1.65. The van der Waals surface area contributed by atoms with E-state index in [1.54, 1.807) is 0 Å². The number of aliphatic imine (C=N–C) groups is 1. The van der Waals surface area contributed by atoms with Crippen LogP contribution in [0.4, 0.5) is 0 Å². The fourth-order valence-corrected chi connectivity index (χ4v) is 1.65. The lowest BCUT2D eigenvalue weighted by Gasteiger charge is -2.03. The van der Waals surface area contributed by atoms with Gasteiger partial charge in [0.25, 0.3) is 0 Å². The Kier molecular flexibility index (Phi) is 3.33. The van der Waals surface area contributed by atoms with E-state index in [1.807, 2.05) is 32.0 Å². The third-order valence-corrected chi connectivity index (χ3v) is 2.79. The molecule has 0 spiro atoms. The number of rotatable bonds is 2. The van der Waals surface area contributed by atoms with Gasteiger partial charge in [0, 0.05) is 5.56 Å². The minimum atomic E-state index is -0.625. The van der Waals surface area contributed by atoms with Gasteiger partial charge in [-0.1, -0.05) is 12.1 Å². The first-order valence-electron chi connectivity index (χ1n) is 5.65. The van der Waals surface area contributed by atoms with Crippen LogP contribution in [0.25, 0.3) is 11.5 Å². The first kappa shape index (κ1) is 12.8. The maximum atomic E-state index is 11.6. The van der Waals surface area contributed by atoms with E-state index in [0.717, 1.165) is 16.7 Å². The smallest absolute Gasteiger partial charge is 0.302 e. The monoisotopic (exact) mass is 258 g/mol. The molecule has 0 aliphatic rings. The zero-order valence-electron chi connectivity index (χ0n) is 10.7. The van der Waals surface area contributed by atoms with Crippen LogP contribution >= 0.6 is 0 Å². The molecule has 0 radical (unpaired) electrons. The van der Waals surface area contributed by atoms with Crippen molar-refractivity contribution in [3.8, 4) is 11.5 Å². The highest BCUT2D eigenvalue weighted by Crippen LogP contribution is 2.24. The summed E-state index contributed by atoms with van der Waals surface area (Å²) in [4.78, 5) is 19.1. The van der Waals surface area contributed by atoms with Crippen molar-refractivity contribution in [2.24, 2.45) is 16.5 Å². The zero-order chi connectivity index (χ0) is 14.0. The van der Waals surface area contributed by atoms with Gasteiger partial charge in [-0.2, -0.15) is 4.99 Å². The van der Waals surface area contributed by atoms with Crippen LogP contribution in [-0.4, -0.2) is 16.9 Å². The third-order valence-electron chi connectivity index (χ3n) is 2.79. The molecule has 4 N–H and O–H groups in total. The standard InChI is InChI=1S/C13H14N4O2/c1-7-4-3-5-9(8(7)2)12-16-10(6-19-12)11(18)17-13(14)15/h3-6H,1-2H3,(H4,14,15,17,18). The molecule has 0 bridgehead atoms. The second-order valence-electron chi connectivity index (χ2n) is 4.13. The predicted octanol–water partition coefficient (Wildman–Crippen LogP) is 1.37. The van der Waals surface area contributed by atoms with Crippen molar-refractivity contribution in [1.29, 1.82) is 0 Å². The van der Waals surface area contributed by atoms with Gasteiger partial charge >= 0.3 is 5.91 Å². The Morgan fingerprint density at radius 2 is 2.05 bits per heavy atom. The lowest BCUT2D eigenvalue weighted by atomic mass is 10.0. The second-order valence-corrected chi connectivity index (χ2v) is 4.13. The van der Waals surface area contributed by atoms with Crippen LogP contribution < -0.4 is 11.5 Å². The van der Waals surface area contributed by atoms with Crippen LogP contribution in [0.2, 0.25) is 0 Å². The number of nitrogens with two attached hydrogens (primary N) is 2. The van der Waals surface area contributed by atoms with Gasteiger partial charge in [0.1, 0.15) is 6.26 Å². The molecule has 6 heteroatoms. The molecule has 1 aromatic heterocycles. The summed E-state index contributed by atoms with van der Waals surface area (Å²) in [5.41, 5.74) is 13.4. The summed E-state index contributed by atoms with van der Waals surface area (Å²) in [6.07, 6.45) is 1.24. The molecule has 0 aliphatic heterocycles. The van der Waals surface area contributed by atoms with Gasteiger partial charge in [-0.25, -0.2) is 4.98 Å². The molecule has 0 fully saturated rings. The van der Waals surface area contributed by atoms with E-state index in [-0.39, 0.29) is 11.7 Å². The molecule has 2 aromatic rings. The highest BCUT2D eigenvalue weighted by atomic mass is 16.3. The predicted molar refractivity (Wildman–Crippen MR) is 71.6 cm³/mol. The first-order valence-corrected chi connectivity index (χ1v) is 5.65. The number of carbonyl (C=O) groups excluding carboxylic acids is 1. The second kappa shape index (κ2) is 4.93. The van der Waals surface area contributed by atoms with E-state index in [1.165, 1.54) is 6.26 Å². The van der Waals surface area contributed by atoms with Crippen LogP contribution in [0, 0.1) is 13.8 Å². The van der Waals surface area contributed by atoms with Gasteiger partial charge in [0.05, 0.1) is 0 Å². The van der Waals surface area contributed by atoms with E-state index in [9.17, 15) is 4.79 Å². The average molecular weight is 258 g/mol. The lowest BCUT2D eigenvalue weighted by Crippen LogP contribution is -2.24. The van der Waals surface area contributed by atoms with E-state index >= 15 is 0 Å². The lowest BCUT2D eigenvalue weighted by molar-refractivity contribution is 0.0998. The van der Waals surface area contributed by atoms with Crippen molar-refractivity contribution < 1.29 is 9.21 Å². The van der Waals surface area contributed by atoms with Gasteiger partial charge in [-0.3, -0.25) is 4.79 Å². The summed E-state index contributed by atoms with van der Waals surface area (Å²) in [7, 11) is 0. The number of guanidine groups is 1. The Bertz CT molecular complexity index is 654. The molecule has 0 unspecified atom stereocenters. The van der Waals surface area contributed by atoms with Crippen LogP contribution in [0.3, 0.4) is 0 Å². The van der Waals surface area contributed by atoms with Crippen molar-refractivity contribution in [3.63, 3.8) is 0 Å². The molecule has 0 aliphatic carbocycles. The maximum absolute atomic E-state index is 11.6. The molecule has 0 atom stereocenters. The van der Waals surface area contributed by atoms with Gasteiger partial charge in [-0.05, 0) is 31.0 Å². The van der Waals surface area contributed by atoms with E-state index < -0.39 is 5.91 Å². The molecule has 1 heterocycles. The van der Waals surface area contributed by atoms with Crippen LogP contribution in [0.1, 0.15) is 21.6 Å². The molecular formula is C13H14N4O2. The number of hydrogen-bond donors (Lipinski definition) is 2. The topological polar surface area (TPSA) is 108 Å². The number of benzene rings is 1. The molecule has 1 amide bonds. The van der Waals surface area contributed by atoms with E-state index in [2.05, 4.69) is 9.98 Å². The molecule has 2 rings (SSSR count). The molecule has 1 aromatic carbocycles. The normalized spacial score (nSPS) is 10.2. The number of carbonyl (C=O) groups is 1. The molecule has 98 valence electrons. The fraction of sp³-hybridized carbons (Fsp3) is 0.154. The number of amides is 1. The summed E-state index contributed by atoms with van der Waals surface area (Å²) in [6.45, 7) is 3.96. The summed E-state index contributed by atoms with van der Waals surface area (Å²) < 4.78 is 5.31. The summed E-state index contributed by atoms with van der Waals surface area (Å²) >= 11 is 0. The van der Waals surface area contributed by atoms with Crippen molar-refractivity contribution in [2.75, 3.05) is 0 Å². The highest BCUT2D eigenvalue weighted by molar-refractivity contribution is 6.00. The molecule has 0 saturated carbocycles. The highest BCUT2D eigenvalue weighted by Gasteiger charge is 2.14. The Labute approximate surface area is 110 Å². The SMILES string of the molecule is Cc1cccc(-c2nc(C(=O)N=C(N)N)co2)c1C. The molecule has 19 heavy (non-hydrogen) atoms. The summed E-state index contributed by atoms with van der Waals surface area (Å²) in [5.74, 6) is -0.558. The number of hydrogen-bond acceptors (Lipinski definition) is 3. The molecule has 0 saturated heterocycles. The van der Waals surface area contributed by atoms with Crippen LogP contribution in [0.15, 0.2) is 33.9 Å². The van der Waals surface area contributed by atoms with Gasteiger partial charge in [0.15, 0.2) is 11.7 Å². The maximum Gasteiger partial charge on any atom is 0.302 e. The quantitative estimate of drug-likeness (QED) is 0.624. The van der Waals surface area contributed by atoms with Crippen molar-refractivity contribution in [1.82, 2.24) is 4.98 Å². The number of aryl methyl sites for hydroxylation is 1. The van der Waals surface area contributed by atoms with Gasteiger partial charge in [-0.15, -0.1) is 0 Å². The zero-order valence-corrected chi connectivity index (χ0v) is 10.7. The third kappa shape index (κ3) is 2.62.